The quantitative estimate of drug-likeness (QED) is 0.787. The summed E-state index contributed by atoms with van der Waals surface area (Å²) in [7, 11) is 0. The number of hydrogen-bond acceptors (Lipinski definition) is 3. The second-order valence-corrected chi connectivity index (χ2v) is 5.72. The zero-order valence-electron chi connectivity index (χ0n) is 13.7. The molecule has 0 bridgehead atoms. The third-order valence-electron chi connectivity index (χ3n) is 3.24. The fraction of sp³-hybridized carbons (Fsp3) is 0.471. The van der Waals surface area contributed by atoms with Crippen LogP contribution in [0.25, 0.3) is 0 Å². The van der Waals surface area contributed by atoms with Crippen LogP contribution in [0.5, 0.6) is 0 Å². The minimum Gasteiger partial charge on any atom is -0.356 e. The van der Waals surface area contributed by atoms with Gasteiger partial charge >= 0.3 is 0 Å². The Morgan fingerprint density at radius 3 is 2.14 bits per heavy atom. The maximum Gasteiger partial charge on any atom is 0.223 e. The number of hydrogen-bond donors (Lipinski definition) is 1. The van der Waals surface area contributed by atoms with Gasteiger partial charge in [0.2, 0.25) is 11.8 Å². The summed E-state index contributed by atoms with van der Waals surface area (Å²) in [6.45, 7) is 7.96. The lowest BCUT2D eigenvalue weighted by molar-refractivity contribution is -0.121. The molecule has 5 heteroatoms. The smallest absolute Gasteiger partial charge is 0.223 e. The molecule has 0 radical (unpaired) electrons. The molecule has 0 heterocycles. The first kappa shape index (κ1) is 17.9. The van der Waals surface area contributed by atoms with Gasteiger partial charge in [-0.05, 0) is 37.1 Å². The maximum atomic E-state index is 11.8. The third kappa shape index (κ3) is 5.68. The van der Waals surface area contributed by atoms with Crippen LogP contribution in [0.3, 0.4) is 0 Å². The van der Waals surface area contributed by atoms with E-state index in [9.17, 15) is 14.4 Å². The van der Waals surface area contributed by atoms with Crippen molar-refractivity contribution in [3.63, 3.8) is 0 Å². The minimum atomic E-state index is -0.132. The predicted molar refractivity (Wildman–Crippen MR) is 86.9 cm³/mol. The number of nitrogens with one attached hydrogen (secondary N) is 1. The van der Waals surface area contributed by atoms with E-state index in [1.54, 1.807) is 29.2 Å². The lowest BCUT2D eigenvalue weighted by Gasteiger charge is -2.21. The van der Waals surface area contributed by atoms with E-state index in [1.807, 2.05) is 13.8 Å². The van der Waals surface area contributed by atoms with Crippen LogP contribution >= 0.6 is 0 Å². The van der Waals surface area contributed by atoms with Gasteiger partial charge in [-0.2, -0.15) is 0 Å². The van der Waals surface area contributed by atoms with Gasteiger partial charge in [0.25, 0.3) is 0 Å². The highest BCUT2D eigenvalue weighted by atomic mass is 16.2. The number of ketones is 1. The second-order valence-electron chi connectivity index (χ2n) is 5.72. The van der Waals surface area contributed by atoms with Crippen LogP contribution in [0.1, 0.15) is 44.5 Å². The number of benzene rings is 1. The molecule has 2 amide bonds. The standard InChI is InChI=1S/C17H24N2O3/c1-12(2)11-18-17(22)9-10-19(14(4)21)16-7-5-15(6-8-16)13(3)20/h5-8,12H,9-11H2,1-4H3,(H,18,22). The van der Waals surface area contributed by atoms with Crippen molar-refractivity contribution in [3.8, 4) is 0 Å². The summed E-state index contributed by atoms with van der Waals surface area (Å²) in [5.41, 5.74) is 1.29. The van der Waals surface area contributed by atoms with Crippen LogP contribution in [0, 0.1) is 5.92 Å². The monoisotopic (exact) mass is 304 g/mol. The molecule has 0 spiro atoms. The average molecular weight is 304 g/mol. The van der Waals surface area contributed by atoms with Gasteiger partial charge in [-0.3, -0.25) is 14.4 Å². The van der Waals surface area contributed by atoms with Crippen molar-refractivity contribution < 1.29 is 14.4 Å². The number of Topliss-reactive ketones (excluding diaryl/α,β-unsaturated/α-hetero) is 1. The number of amides is 2. The molecule has 120 valence electrons. The SMILES string of the molecule is CC(=O)c1ccc(N(CCC(=O)NCC(C)C)C(C)=O)cc1. The average Bonchev–Trinajstić information content (AvgIpc) is 2.45. The first-order valence-electron chi connectivity index (χ1n) is 7.47. The lowest BCUT2D eigenvalue weighted by atomic mass is 10.1. The van der Waals surface area contributed by atoms with Gasteiger partial charge in [-0.25, -0.2) is 0 Å². The normalized spacial score (nSPS) is 10.4. The highest BCUT2D eigenvalue weighted by molar-refractivity contribution is 5.96. The molecule has 1 aromatic carbocycles. The van der Waals surface area contributed by atoms with Gasteiger partial charge in [0.1, 0.15) is 0 Å². The summed E-state index contributed by atoms with van der Waals surface area (Å²) in [4.78, 5) is 36.3. The van der Waals surface area contributed by atoms with Gasteiger partial charge in [0.15, 0.2) is 5.78 Å². The molecular formula is C17H24N2O3. The molecule has 0 aliphatic rings. The zero-order chi connectivity index (χ0) is 16.7. The highest BCUT2D eigenvalue weighted by Gasteiger charge is 2.14. The Bertz CT molecular complexity index is 535. The van der Waals surface area contributed by atoms with E-state index in [0.29, 0.717) is 30.3 Å². The maximum absolute atomic E-state index is 11.8. The van der Waals surface area contributed by atoms with Crippen molar-refractivity contribution in [2.75, 3.05) is 18.0 Å². The first-order valence-corrected chi connectivity index (χ1v) is 7.47. The van der Waals surface area contributed by atoms with E-state index in [-0.39, 0.29) is 24.0 Å². The predicted octanol–water partition coefficient (Wildman–Crippen LogP) is 2.40. The molecule has 0 aliphatic heterocycles. The van der Waals surface area contributed by atoms with E-state index in [1.165, 1.54) is 13.8 Å². The summed E-state index contributed by atoms with van der Waals surface area (Å²) in [5, 5.41) is 2.83. The van der Waals surface area contributed by atoms with Crippen LogP contribution in [0.15, 0.2) is 24.3 Å². The van der Waals surface area contributed by atoms with Crippen molar-refractivity contribution in [2.24, 2.45) is 5.92 Å². The molecule has 1 aromatic rings. The summed E-state index contributed by atoms with van der Waals surface area (Å²) in [6, 6.07) is 6.83. The summed E-state index contributed by atoms with van der Waals surface area (Å²) >= 11 is 0. The van der Waals surface area contributed by atoms with Crippen LogP contribution in [-0.2, 0) is 9.59 Å². The molecule has 1 N–H and O–H groups in total. The Morgan fingerprint density at radius 1 is 1.09 bits per heavy atom. The third-order valence-corrected chi connectivity index (χ3v) is 3.24. The zero-order valence-corrected chi connectivity index (χ0v) is 13.7. The molecule has 0 saturated carbocycles. The van der Waals surface area contributed by atoms with Crippen LogP contribution < -0.4 is 10.2 Å². The van der Waals surface area contributed by atoms with Crippen molar-refractivity contribution in [2.45, 2.75) is 34.1 Å². The molecule has 0 unspecified atom stereocenters. The van der Waals surface area contributed by atoms with Gasteiger partial charge in [-0.15, -0.1) is 0 Å². The molecular weight excluding hydrogens is 280 g/mol. The number of carbonyl (C=O) groups is 3. The van der Waals surface area contributed by atoms with Gasteiger partial charge in [-0.1, -0.05) is 13.8 Å². The van der Waals surface area contributed by atoms with Gasteiger partial charge < -0.3 is 10.2 Å². The Labute approximate surface area is 131 Å². The first-order chi connectivity index (χ1) is 10.3. The number of nitrogens with zero attached hydrogens (tertiary/aromatic N) is 1. The van der Waals surface area contributed by atoms with E-state index in [0.717, 1.165) is 0 Å². The number of anilines is 1. The number of rotatable bonds is 7. The van der Waals surface area contributed by atoms with E-state index in [4.69, 9.17) is 0 Å². The summed E-state index contributed by atoms with van der Waals surface area (Å²) < 4.78 is 0. The Kier molecular flexibility index (Phi) is 6.76. The van der Waals surface area contributed by atoms with E-state index >= 15 is 0 Å². The summed E-state index contributed by atoms with van der Waals surface area (Å²) in [5.74, 6) is 0.175. The summed E-state index contributed by atoms with van der Waals surface area (Å²) in [6.07, 6.45) is 0.251. The second kappa shape index (κ2) is 8.32. The molecule has 1 rings (SSSR count). The fourth-order valence-electron chi connectivity index (χ4n) is 1.96. The van der Waals surface area contributed by atoms with Crippen molar-refractivity contribution >= 4 is 23.3 Å². The highest BCUT2D eigenvalue weighted by Crippen LogP contribution is 2.16. The Balaban J connectivity index is 2.68. The van der Waals surface area contributed by atoms with Crippen LogP contribution in [0.2, 0.25) is 0 Å². The lowest BCUT2D eigenvalue weighted by Crippen LogP contribution is -2.34. The minimum absolute atomic E-state index is 0.0195. The van der Waals surface area contributed by atoms with Crippen molar-refractivity contribution in [1.29, 1.82) is 0 Å². The molecule has 0 fully saturated rings. The van der Waals surface area contributed by atoms with E-state index < -0.39 is 0 Å². The molecule has 22 heavy (non-hydrogen) atoms. The fourth-order valence-corrected chi connectivity index (χ4v) is 1.96. The molecule has 5 nitrogen and oxygen atoms in total. The molecule has 0 aromatic heterocycles. The van der Waals surface area contributed by atoms with Crippen molar-refractivity contribution in [1.82, 2.24) is 5.32 Å². The molecule has 0 aliphatic carbocycles. The number of carbonyl (C=O) groups excluding carboxylic acids is 3. The largest absolute Gasteiger partial charge is 0.356 e. The Hall–Kier alpha value is -2.17. The molecule has 0 atom stereocenters. The van der Waals surface area contributed by atoms with Crippen molar-refractivity contribution in [3.05, 3.63) is 29.8 Å². The molecule has 0 saturated heterocycles. The van der Waals surface area contributed by atoms with E-state index in [2.05, 4.69) is 5.32 Å². The van der Waals surface area contributed by atoms with Crippen LogP contribution in [0.4, 0.5) is 5.69 Å². The Morgan fingerprint density at radius 2 is 1.68 bits per heavy atom. The van der Waals surface area contributed by atoms with Gasteiger partial charge in [0, 0.05) is 37.7 Å². The van der Waals surface area contributed by atoms with Gasteiger partial charge in [0.05, 0.1) is 0 Å². The topological polar surface area (TPSA) is 66.5 Å². The van der Waals surface area contributed by atoms with Crippen LogP contribution in [-0.4, -0.2) is 30.7 Å².